The third kappa shape index (κ3) is 5.95. The smallest absolute Gasteiger partial charge is 0.234 e. The molecular weight excluding hydrogens is 366 g/mol. The van der Waals surface area contributed by atoms with Crippen molar-refractivity contribution < 1.29 is 19.1 Å². The van der Waals surface area contributed by atoms with Crippen molar-refractivity contribution in [3.63, 3.8) is 0 Å². The number of ether oxygens (including phenoxy) is 2. The van der Waals surface area contributed by atoms with Crippen molar-refractivity contribution in [2.24, 2.45) is 0 Å². The normalized spacial score (nSPS) is 13.6. The van der Waals surface area contributed by atoms with Crippen LogP contribution in [0.25, 0.3) is 6.08 Å². The van der Waals surface area contributed by atoms with Gasteiger partial charge in [0.05, 0.1) is 18.9 Å². The first kappa shape index (κ1) is 20.6. The summed E-state index contributed by atoms with van der Waals surface area (Å²) in [6, 6.07) is 15.0. The number of amides is 2. The summed E-state index contributed by atoms with van der Waals surface area (Å²) in [6.45, 7) is 5.09. The van der Waals surface area contributed by atoms with Gasteiger partial charge in [0.25, 0.3) is 0 Å². The summed E-state index contributed by atoms with van der Waals surface area (Å²) in [5.41, 5.74) is 1.70. The van der Waals surface area contributed by atoms with Gasteiger partial charge in [-0.1, -0.05) is 24.8 Å². The molecule has 0 aliphatic carbocycles. The van der Waals surface area contributed by atoms with Gasteiger partial charge in [-0.25, -0.2) is 0 Å². The van der Waals surface area contributed by atoms with Gasteiger partial charge in [0.15, 0.2) is 0 Å². The zero-order valence-corrected chi connectivity index (χ0v) is 16.6. The lowest BCUT2D eigenvalue weighted by molar-refractivity contribution is -0.121. The number of carbonyl (C=O) groups excluding carboxylic acids is 2. The van der Waals surface area contributed by atoms with E-state index in [1.165, 1.54) is 4.90 Å². The summed E-state index contributed by atoms with van der Waals surface area (Å²) in [5.74, 6) is 1.36. The van der Waals surface area contributed by atoms with Crippen LogP contribution in [0.2, 0.25) is 0 Å². The van der Waals surface area contributed by atoms with E-state index >= 15 is 0 Å². The Morgan fingerprint density at radius 3 is 1.72 bits per heavy atom. The quantitative estimate of drug-likeness (QED) is 0.398. The molecule has 0 spiro atoms. The van der Waals surface area contributed by atoms with Gasteiger partial charge in [0.1, 0.15) is 11.5 Å². The Hall–Kier alpha value is -3.08. The van der Waals surface area contributed by atoms with Crippen LogP contribution in [-0.2, 0) is 9.59 Å². The van der Waals surface area contributed by atoms with Crippen molar-refractivity contribution in [2.75, 3.05) is 18.1 Å². The predicted molar refractivity (Wildman–Crippen MR) is 114 cm³/mol. The number of hydrogen-bond donors (Lipinski definition) is 0. The minimum atomic E-state index is -0.138. The average molecular weight is 393 g/mol. The molecule has 1 fully saturated rings. The Kier molecular flexibility index (Phi) is 7.45. The van der Waals surface area contributed by atoms with Crippen LogP contribution in [0.1, 0.15) is 44.1 Å². The van der Waals surface area contributed by atoms with E-state index in [2.05, 4.69) is 6.58 Å². The molecule has 0 bridgehead atoms. The summed E-state index contributed by atoms with van der Waals surface area (Å²) < 4.78 is 11.5. The molecule has 3 rings (SSSR count). The number of unbranched alkanes of at least 4 members (excludes halogenated alkanes) is 3. The molecule has 0 unspecified atom stereocenters. The number of carbonyl (C=O) groups is 2. The summed E-state index contributed by atoms with van der Waals surface area (Å²) in [6.07, 6.45) is 6.55. The molecule has 0 atom stereocenters. The summed E-state index contributed by atoms with van der Waals surface area (Å²) >= 11 is 0. The fourth-order valence-corrected chi connectivity index (χ4v) is 3.19. The Bertz CT molecular complexity index is 811. The van der Waals surface area contributed by atoms with E-state index < -0.39 is 0 Å². The molecule has 0 N–H and O–H groups in total. The molecule has 5 heteroatoms. The van der Waals surface area contributed by atoms with Crippen LogP contribution in [0.5, 0.6) is 11.5 Å². The van der Waals surface area contributed by atoms with Gasteiger partial charge in [-0.05, 0) is 67.6 Å². The Labute approximate surface area is 171 Å². The number of imide groups is 1. The van der Waals surface area contributed by atoms with Gasteiger partial charge in [0.2, 0.25) is 11.8 Å². The third-order valence-corrected chi connectivity index (χ3v) is 4.84. The second-order valence-corrected chi connectivity index (χ2v) is 7.00. The minimum Gasteiger partial charge on any atom is -0.494 e. The number of rotatable bonds is 11. The van der Waals surface area contributed by atoms with Crippen molar-refractivity contribution in [1.82, 2.24) is 0 Å². The number of benzene rings is 2. The molecule has 2 amide bonds. The molecule has 1 aliphatic rings. The van der Waals surface area contributed by atoms with Gasteiger partial charge in [-0.3, -0.25) is 14.5 Å². The number of nitrogens with zero attached hydrogens (tertiary/aromatic N) is 1. The molecule has 0 radical (unpaired) electrons. The Morgan fingerprint density at radius 1 is 0.759 bits per heavy atom. The van der Waals surface area contributed by atoms with Gasteiger partial charge < -0.3 is 9.47 Å². The molecule has 5 nitrogen and oxygen atoms in total. The molecule has 152 valence electrons. The van der Waals surface area contributed by atoms with E-state index in [4.69, 9.17) is 9.47 Å². The SMILES string of the molecule is C=Cc1ccc(OCCCCCCOc2ccc(N3C(=O)CCC3=O)cc2)cc1. The Morgan fingerprint density at radius 2 is 1.24 bits per heavy atom. The van der Waals surface area contributed by atoms with Crippen LogP contribution in [-0.4, -0.2) is 25.0 Å². The van der Waals surface area contributed by atoms with E-state index in [0.29, 0.717) is 31.7 Å². The van der Waals surface area contributed by atoms with E-state index in [0.717, 1.165) is 42.7 Å². The predicted octanol–water partition coefficient (Wildman–Crippen LogP) is 5.00. The zero-order chi connectivity index (χ0) is 20.5. The fourth-order valence-electron chi connectivity index (χ4n) is 3.19. The highest BCUT2D eigenvalue weighted by Crippen LogP contribution is 2.25. The van der Waals surface area contributed by atoms with E-state index in [9.17, 15) is 9.59 Å². The van der Waals surface area contributed by atoms with Gasteiger partial charge >= 0.3 is 0 Å². The van der Waals surface area contributed by atoms with Gasteiger partial charge in [-0.15, -0.1) is 0 Å². The first-order valence-corrected chi connectivity index (χ1v) is 10.1. The monoisotopic (exact) mass is 393 g/mol. The van der Waals surface area contributed by atoms with Crippen LogP contribution >= 0.6 is 0 Å². The van der Waals surface area contributed by atoms with Gasteiger partial charge in [0, 0.05) is 12.8 Å². The molecule has 1 aliphatic heterocycles. The average Bonchev–Trinajstić information content (AvgIpc) is 3.09. The largest absolute Gasteiger partial charge is 0.494 e. The molecule has 1 heterocycles. The third-order valence-electron chi connectivity index (χ3n) is 4.84. The van der Waals surface area contributed by atoms with Crippen molar-refractivity contribution in [1.29, 1.82) is 0 Å². The maximum absolute atomic E-state index is 11.8. The Balaban J connectivity index is 1.27. The maximum atomic E-state index is 11.8. The van der Waals surface area contributed by atoms with Crippen LogP contribution in [0.4, 0.5) is 5.69 Å². The van der Waals surface area contributed by atoms with E-state index in [1.54, 1.807) is 24.3 Å². The molecule has 29 heavy (non-hydrogen) atoms. The fraction of sp³-hybridized carbons (Fsp3) is 0.333. The van der Waals surface area contributed by atoms with Crippen LogP contribution in [0.3, 0.4) is 0 Å². The molecule has 0 saturated carbocycles. The van der Waals surface area contributed by atoms with Crippen molar-refractivity contribution in [2.45, 2.75) is 38.5 Å². The summed E-state index contributed by atoms with van der Waals surface area (Å²) in [7, 11) is 0. The second kappa shape index (κ2) is 10.5. The van der Waals surface area contributed by atoms with Crippen LogP contribution < -0.4 is 14.4 Å². The molecule has 2 aromatic rings. The standard InChI is InChI=1S/C24H27NO4/c1-2-19-7-11-21(12-8-19)28-17-5-3-4-6-18-29-22-13-9-20(10-14-22)25-23(26)15-16-24(25)27/h2,7-14H,1,3-6,15-18H2. The second-order valence-electron chi connectivity index (χ2n) is 7.00. The van der Waals surface area contributed by atoms with Crippen molar-refractivity contribution >= 4 is 23.6 Å². The lowest BCUT2D eigenvalue weighted by Crippen LogP contribution is -2.28. The topological polar surface area (TPSA) is 55.8 Å². The molecule has 2 aromatic carbocycles. The first-order chi connectivity index (χ1) is 14.2. The minimum absolute atomic E-state index is 0.138. The first-order valence-electron chi connectivity index (χ1n) is 10.1. The van der Waals surface area contributed by atoms with E-state index in [-0.39, 0.29) is 11.8 Å². The van der Waals surface area contributed by atoms with Crippen molar-refractivity contribution in [3.8, 4) is 11.5 Å². The number of hydrogen-bond acceptors (Lipinski definition) is 4. The van der Waals surface area contributed by atoms with Crippen LogP contribution in [0.15, 0.2) is 55.1 Å². The van der Waals surface area contributed by atoms with E-state index in [1.807, 2.05) is 30.3 Å². The van der Waals surface area contributed by atoms with Gasteiger partial charge in [-0.2, -0.15) is 0 Å². The lowest BCUT2D eigenvalue weighted by atomic mass is 10.2. The molecule has 0 aromatic heterocycles. The highest BCUT2D eigenvalue weighted by molar-refractivity contribution is 6.19. The van der Waals surface area contributed by atoms with Crippen LogP contribution in [0, 0.1) is 0 Å². The summed E-state index contributed by atoms with van der Waals surface area (Å²) in [5, 5.41) is 0. The van der Waals surface area contributed by atoms with Crippen molar-refractivity contribution in [3.05, 3.63) is 60.7 Å². The number of anilines is 1. The zero-order valence-electron chi connectivity index (χ0n) is 16.6. The maximum Gasteiger partial charge on any atom is 0.234 e. The summed E-state index contributed by atoms with van der Waals surface area (Å²) in [4.78, 5) is 24.8. The lowest BCUT2D eigenvalue weighted by Gasteiger charge is -2.14. The highest BCUT2D eigenvalue weighted by atomic mass is 16.5. The molecular formula is C24H27NO4. The highest BCUT2D eigenvalue weighted by Gasteiger charge is 2.30. The molecule has 1 saturated heterocycles.